The molecule has 1 aliphatic rings. The lowest BCUT2D eigenvalue weighted by molar-refractivity contribution is -0.138. The first-order valence-corrected chi connectivity index (χ1v) is 13.5. The van der Waals surface area contributed by atoms with Gasteiger partial charge in [0.1, 0.15) is 18.2 Å². The molecule has 1 fully saturated rings. The van der Waals surface area contributed by atoms with Crippen LogP contribution >= 0.6 is 0 Å². The predicted molar refractivity (Wildman–Crippen MR) is 147 cm³/mol. The van der Waals surface area contributed by atoms with E-state index in [1.54, 1.807) is 17.1 Å². The van der Waals surface area contributed by atoms with Gasteiger partial charge in [0, 0.05) is 25.2 Å². The zero-order valence-electron chi connectivity index (χ0n) is 22.9. The van der Waals surface area contributed by atoms with Crippen molar-refractivity contribution in [2.45, 2.75) is 37.9 Å². The molecule has 2 aromatic carbocycles. The van der Waals surface area contributed by atoms with E-state index in [-0.39, 0.29) is 36.1 Å². The first-order chi connectivity index (χ1) is 20.9. The van der Waals surface area contributed by atoms with E-state index in [1.807, 2.05) is 0 Å². The van der Waals surface area contributed by atoms with Gasteiger partial charge >= 0.3 is 12.4 Å². The van der Waals surface area contributed by atoms with Crippen LogP contribution in [0.15, 0.2) is 69.9 Å². The highest BCUT2D eigenvalue weighted by Crippen LogP contribution is 2.30. The molecule has 0 spiro atoms. The summed E-state index contributed by atoms with van der Waals surface area (Å²) in [5, 5.41) is 0. The molecule has 13 heteroatoms. The normalized spacial score (nSPS) is 15.1. The predicted octanol–water partition coefficient (Wildman–Crippen LogP) is 7.86. The van der Waals surface area contributed by atoms with E-state index in [0.717, 1.165) is 24.3 Å². The third kappa shape index (κ3) is 8.04. The molecule has 0 saturated carbocycles. The zero-order valence-corrected chi connectivity index (χ0v) is 22.9. The van der Waals surface area contributed by atoms with Gasteiger partial charge in [0.2, 0.25) is 11.8 Å². The van der Waals surface area contributed by atoms with Crippen LogP contribution in [0.5, 0.6) is 0 Å². The van der Waals surface area contributed by atoms with Gasteiger partial charge in [0.15, 0.2) is 5.69 Å². The molecule has 0 N–H and O–H groups in total. The average molecular weight is 618 g/mol. The molecule has 0 unspecified atom stereocenters. The van der Waals surface area contributed by atoms with Crippen molar-refractivity contribution >= 4 is 30.2 Å². The van der Waals surface area contributed by atoms with Crippen LogP contribution in [0.25, 0.3) is 24.3 Å². The Balaban J connectivity index is 1.06. The van der Waals surface area contributed by atoms with Crippen LogP contribution in [0.2, 0.25) is 0 Å². The van der Waals surface area contributed by atoms with Gasteiger partial charge in [0.05, 0.1) is 23.8 Å². The highest BCUT2D eigenvalue weighted by Gasteiger charge is 2.31. The van der Waals surface area contributed by atoms with E-state index in [9.17, 15) is 31.1 Å². The average Bonchev–Trinajstić information content (AvgIpc) is 3.67. The van der Waals surface area contributed by atoms with Crippen molar-refractivity contribution in [2.75, 3.05) is 13.1 Å². The Hall–Kier alpha value is -4.65. The molecule has 0 bridgehead atoms. The third-order valence-electron chi connectivity index (χ3n) is 6.82. The first-order valence-electron chi connectivity index (χ1n) is 13.5. The smallest absolute Gasteiger partial charge is 0.416 e. The Kier molecular flexibility index (Phi) is 9.04. The van der Waals surface area contributed by atoms with Crippen LogP contribution < -0.4 is 0 Å². The quantitative estimate of drug-likeness (QED) is 0.187. The van der Waals surface area contributed by atoms with Crippen molar-refractivity contribution in [3.05, 3.63) is 106 Å². The molecule has 1 saturated heterocycles. The minimum absolute atomic E-state index is 0.110. The van der Waals surface area contributed by atoms with E-state index in [0.29, 0.717) is 42.8 Å². The largest absolute Gasteiger partial charge is 0.445 e. The van der Waals surface area contributed by atoms with E-state index in [2.05, 4.69) is 9.97 Å². The number of alkyl halides is 6. The number of carbonyl (C=O) groups excluding carboxylic acids is 1. The summed E-state index contributed by atoms with van der Waals surface area (Å²) in [7, 11) is 0. The number of likely N-dealkylation sites (tertiary alicyclic amines) is 1. The van der Waals surface area contributed by atoms with Crippen LogP contribution in [-0.2, 0) is 23.7 Å². The number of ether oxygens (including phenoxy) is 1. The summed E-state index contributed by atoms with van der Waals surface area (Å²) in [4.78, 5) is 23.0. The second kappa shape index (κ2) is 12.9. The van der Waals surface area contributed by atoms with Gasteiger partial charge in [-0.15, -0.1) is 0 Å². The van der Waals surface area contributed by atoms with E-state index in [1.165, 1.54) is 48.9 Å². The van der Waals surface area contributed by atoms with Crippen molar-refractivity contribution < 1.29 is 44.7 Å². The number of piperidine rings is 1. The molecule has 7 nitrogen and oxygen atoms in total. The summed E-state index contributed by atoms with van der Waals surface area (Å²) in [5.74, 6) is 0.125. The highest BCUT2D eigenvalue weighted by atomic mass is 19.4. The number of carbonyl (C=O) groups is 1. The summed E-state index contributed by atoms with van der Waals surface area (Å²) in [6.07, 6.45) is 1.10. The number of rotatable bonds is 8. The second-order valence-corrected chi connectivity index (χ2v) is 9.96. The topological polar surface area (TPSA) is 81.6 Å². The molecule has 2 aromatic heterocycles. The van der Waals surface area contributed by atoms with E-state index in [4.69, 9.17) is 13.6 Å². The molecule has 230 valence electrons. The van der Waals surface area contributed by atoms with Crippen molar-refractivity contribution in [3.63, 3.8) is 0 Å². The van der Waals surface area contributed by atoms with Gasteiger partial charge in [-0.25, -0.2) is 9.97 Å². The van der Waals surface area contributed by atoms with Gasteiger partial charge in [0.25, 0.3) is 5.91 Å². The van der Waals surface area contributed by atoms with Crippen LogP contribution in [0.1, 0.15) is 63.1 Å². The molecule has 4 aromatic rings. The Morgan fingerprint density at radius 1 is 0.773 bits per heavy atom. The Bertz CT molecular complexity index is 1610. The fourth-order valence-corrected chi connectivity index (χ4v) is 4.42. The van der Waals surface area contributed by atoms with Gasteiger partial charge in [-0.05, 0) is 60.4 Å². The molecule has 0 aliphatic carbocycles. The fourth-order valence-electron chi connectivity index (χ4n) is 4.42. The summed E-state index contributed by atoms with van der Waals surface area (Å²) >= 11 is 0. The SMILES string of the molecule is O=C(c1coc(/C=C/c2ccc(C(F)(F)F)cc2)n1)N1CCC(OCc2coc(/C=C/c3ccc(C(F)(F)F)cc3)n2)CC1. The number of hydrogen-bond donors (Lipinski definition) is 0. The molecule has 0 radical (unpaired) electrons. The summed E-state index contributed by atoms with van der Waals surface area (Å²) in [5.41, 5.74) is 0.281. The number of nitrogens with zero attached hydrogens (tertiary/aromatic N) is 3. The fraction of sp³-hybridized carbons (Fsp3) is 0.258. The highest BCUT2D eigenvalue weighted by molar-refractivity contribution is 5.92. The molecule has 44 heavy (non-hydrogen) atoms. The Labute approximate surface area is 247 Å². The van der Waals surface area contributed by atoms with E-state index >= 15 is 0 Å². The molecular weight excluding hydrogens is 592 g/mol. The molecule has 0 atom stereocenters. The maximum atomic E-state index is 12.9. The first kappa shape index (κ1) is 30.8. The van der Waals surface area contributed by atoms with Gasteiger partial charge in [-0.2, -0.15) is 26.3 Å². The minimum atomic E-state index is -4.41. The van der Waals surface area contributed by atoms with Crippen LogP contribution in [0.3, 0.4) is 0 Å². The lowest BCUT2D eigenvalue weighted by Crippen LogP contribution is -2.41. The number of halogens is 6. The maximum Gasteiger partial charge on any atom is 0.416 e. The monoisotopic (exact) mass is 617 g/mol. The summed E-state index contributed by atoms with van der Waals surface area (Å²) in [6, 6.07) is 9.33. The number of oxazole rings is 2. The van der Waals surface area contributed by atoms with E-state index < -0.39 is 23.5 Å². The van der Waals surface area contributed by atoms with Crippen molar-refractivity contribution in [1.29, 1.82) is 0 Å². The van der Waals surface area contributed by atoms with Crippen LogP contribution in [-0.4, -0.2) is 40.0 Å². The second-order valence-electron chi connectivity index (χ2n) is 9.96. The molecule has 1 amide bonds. The molecule has 1 aliphatic heterocycles. The van der Waals surface area contributed by atoms with Gasteiger partial charge in [-0.1, -0.05) is 24.3 Å². The molecule has 5 rings (SSSR count). The number of hydrogen-bond acceptors (Lipinski definition) is 6. The maximum absolute atomic E-state index is 12.9. The van der Waals surface area contributed by atoms with Crippen LogP contribution in [0.4, 0.5) is 26.3 Å². The van der Waals surface area contributed by atoms with Crippen molar-refractivity contribution in [1.82, 2.24) is 14.9 Å². The molecular formula is C31H25F6N3O4. The van der Waals surface area contributed by atoms with Crippen molar-refractivity contribution in [2.24, 2.45) is 0 Å². The number of amides is 1. The lowest BCUT2D eigenvalue weighted by Gasteiger charge is -2.31. The van der Waals surface area contributed by atoms with Gasteiger partial charge < -0.3 is 18.5 Å². The number of benzene rings is 2. The Morgan fingerprint density at radius 3 is 1.80 bits per heavy atom. The van der Waals surface area contributed by atoms with Crippen molar-refractivity contribution in [3.8, 4) is 0 Å². The minimum Gasteiger partial charge on any atom is -0.445 e. The number of aromatic nitrogens is 2. The zero-order chi connectivity index (χ0) is 31.3. The lowest BCUT2D eigenvalue weighted by atomic mass is 10.1. The van der Waals surface area contributed by atoms with Crippen LogP contribution in [0, 0.1) is 0 Å². The summed E-state index contributed by atoms with van der Waals surface area (Å²) < 4.78 is 92.9. The third-order valence-corrected chi connectivity index (χ3v) is 6.82. The molecule has 3 heterocycles. The van der Waals surface area contributed by atoms with Gasteiger partial charge in [-0.3, -0.25) is 4.79 Å². The standard InChI is InChI=1S/C31H25F6N3O4/c32-30(33,34)22-7-1-20(2-8-22)5-11-27-38-24(18-43-27)17-42-25-13-15-40(16-14-25)29(41)26-19-44-28(39-26)12-6-21-3-9-23(10-4-21)31(35,36)37/h1-12,18-19,25H,13-17H2/b11-5+,12-6+. The summed E-state index contributed by atoms with van der Waals surface area (Å²) in [6.45, 7) is 1.06. The Morgan fingerprint density at radius 2 is 1.27 bits per heavy atom.